The molecule has 0 bridgehead atoms. The molecule has 0 radical (unpaired) electrons. The third-order valence-corrected chi connectivity index (χ3v) is 2.33. The lowest BCUT2D eigenvalue weighted by Crippen LogP contribution is -2.38. The van der Waals surface area contributed by atoms with E-state index in [0.717, 1.165) is 12.8 Å². The largest absolute Gasteiger partial charge is 0.375 e. The highest BCUT2D eigenvalue weighted by Crippen LogP contribution is 1.98. The fourth-order valence-corrected chi connectivity index (χ4v) is 1.45. The first-order valence-electron chi connectivity index (χ1n) is 6.13. The van der Waals surface area contributed by atoms with Crippen LogP contribution in [0.15, 0.2) is 0 Å². The van der Waals surface area contributed by atoms with E-state index in [-0.39, 0.29) is 25.0 Å². The molecule has 2 amide bonds. The Kier molecular flexibility index (Phi) is 10.7. The van der Waals surface area contributed by atoms with Gasteiger partial charge in [-0.1, -0.05) is 0 Å². The van der Waals surface area contributed by atoms with Crippen LogP contribution in [-0.2, 0) is 23.9 Å². The Hall–Kier alpha value is -1.47. The van der Waals surface area contributed by atoms with Gasteiger partial charge in [0.25, 0.3) is 0 Å². The number of methoxy groups -OCH3 is 2. The van der Waals surface area contributed by atoms with Crippen LogP contribution in [-0.4, -0.2) is 58.1 Å². The Balaban J connectivity index is 3.64. The van der Waals surface area contributed by atoms with Crippen molar-refractivity contribution >= 4 is 18.1 Å². The number of hydrogen-bond donors (Lipinski definition) is 2. The molecule has 0 aliphatic rings. The van der Waals surface area contributed by atoms with Crippen molar-refractivity contribution in [3.63, 3.8) is 0 Å². The van der Waals surface area contributed by atoms with Gasteiger partial charge in [0.15, 0.2) is 0 Å². The summed E-state index contributed by atoms with van der Waals surface area (Å²) in [5.41, 5.74) is 0. The molecule has 0 saturated carbocycles. The van der Waals surface area contributed by atoms with Gasteiger partial charge in [-0.25, -0.2) is 0 Å². The molecule has 0 aromatic carbocycles. The van der Waals surface area contributed by atoms with Crippen LogP contribution >= 0.6 is 0 Å². The zero-order valence-electron chi connectivity index (χ0n) is 11.4. The number of aldehydes is 1. The Morgan fingerprint density at radius 2 is 1.74 bits per heavy atom. The number of carbonyl (C=O) groups is 3. The maximum atomic E-state index is 11.2. The first kappa shape index (κ1) is 17.5. The average Bonchev–Trinajstić information content (AvgIpc) is 2.37. The van der Waals surface area contributed by atoms with Crippen LogP contribution in [0.3, 0.4) is 0 Å². The van der Waals surface area contributed by atoms with E-state index < -0.39 is 6.04 Å². The van der Waals surface area contributed by atoms with Crippen molar-refractivity contribution in [1.82, 2.24) is 10.6 Å². The molecule has 110 valence electrons. The van der Waals surface area contributed by atoms with Crippen molar-refractivity contribution in [2.45, 2.75) is 25.3 Å². The first-order chi connectivity index (χ1) is 9.13. The number of ether oxygens (including phenoxy) is 2. The van der Waals surface area contributed by atoms with Crippen LogP contribution in [0.25, 0.3) is 0 Å². The third kappa shape index (κ3) is 10.2. The fraction of sp³-hybridized carbons (Fsp3) is 0.750. The van der Waals surface area contributed by atoms with Gasteiger partial charge in [0.1, 0.15) is 19.5 Å². The highest BCUT2D eigenvalue weighted by molar-refractivity contribution is 5.80. The molecule has 1 unspecified atom stereocenters. The topological polar surface area (TPSA) is 93.7 Å². The van der Waals surface area contributed by atoms with Crippen LogP contribution in [0.1, 0.15) is 19.3 Å². The summed E-state index contributed by atoms with van der Waals surface area (Å²) in [5, 5.41) is 5.23. The number of unbranched alkanes of at least 4 members (excludes halogenated alkanes) is 1. The maximum absolute atomic E-state index is 11.2. The van der Waals surface area contributed by atoms with Gasteiger partial charge in [-0.3, -0.25) is 9.59 Å². The smallest absolute Gasteiger partial charge is 0.246 e. The Morgan fingerprint density at radius 3 is 2.32 bits per heavy atom. The molecular weight excluding hydrogens is 252 g/mol. The number of nitrogens with one attached hydrogen (secondary N) is 2. The molecule has 0 fully saturated rings. The van der Waals surface area contributed by atoms with Crippen LogP contribution in [0.5, 0.6) is 0 Å². The van der Waals surface area contributed by atoms with Crippen LogP contribution in [0, 0.1) is 0 Å². The Bertz CT molecular complexity index is 283. The summed E-state index contributed by atoms with van der Waals surface area (Å²) in [7, 11) is 2.87. The summed E-state index contributed by atoms with van der Waals surface area (Å²) in [4.78, 5) is 33.0. The molecule has 0 saturated heterocycles. The molecule has 0 aliphatic heterocycles. The van der Waals surface area contributed by atoms with E-state index in [9.17, 15) is 14.4 Å². The molecule has 0 heterocycles. The van der Waals surface area contributed by atoms with Gasteiger partial charge >= 0.3 is 0 Å². The minimum Gasteiger partial charge on any atom is -0.375 e. The number of hydrogen-bond acceptors (Lipinski definition) is 5. The Morgan fingerprint density at radius 1 is 1.11 bits per heavy atom. The summed E-state index contributed by atoms with van der Waals surface area (Å²) in [6.45, 7) is 0.515. The second kappa shape index (κ2) is 11.6. The molecule has 7 heteroatoms. The summed E-state index contributed by atoms with van der Waals surface area (Å²) >= 11 is 0. The molecule has 0 rings (SSSR count). The lowest BCUT2D eigenvalue weighted by molar-refractivity contribution is -0.127. The lowest BCUT2D eigenvalue weighted by Gasteiger charge is -2.12. The molecule has 0 aromatic heterocycles. The first-order valence-corrected chi connectivity index (χ1v) is 6.13. The Labute approximate surface area is 113 Å². The van der Waals surface area contributed by atoms with Crippen molar-refractivity contribution in [2.24, 2.45) is 0 Å². The summed E-state index contributed by atoms with van der Waals surface area (Å²) in [6, 6.07) is -0.502. The van der Waals surface area contributed by atoms with Gasteiger partial charge in [-0.05, 0) is 19.3 Å². The molecule has 0 spiro atoms. The van der Waals surface area contributed by atoms with E-state index in [1.807, 2.05) is 0 Å². The van der Waals surface area contributed by atoms with E-state index in [1.165, 1.54) is 14.2 Å². The molecule has 19 heavy (non-hydrogen) atoms. The standard InChI is InChI=1S/C12H22N2O5/c1-18-8-11(16)13-6-4-3-5-10(7-15)14-12(17)9-19-2/h7,10H,3-6,8-9H2,1-2H3,(H,13,16)(H,14,17). The minimum absolute atomic E-state index is 0.0457. The van der Waals surface area contributed by atoms with Crippen molar-refractivity contribution < 1.29 is 23.9 Å². The van der Waals surface area contributed by atoms with Gasteiger partial charge in [0.05, 0.1) is 6.04 Å². The second-order valence-corrected chi connectivity index (χ2v) is 4.02. The van der Waals surface area contributed by atoms with Crippen LogP contribution in [0.2, 0.25) is 0 Å². The summed E-state index contributed by atoms with van der Waals surface area (Å²) in [6.07, 6.45) is 2.71. The van der Waals surface area contributed by atoms with Gasteiger partial charge in [0.2, 0.25) is 11.8 Å². The van der Waals surface area contributed by atoms with Gasteiger partial charge in [0, 0.05) is 20.8 Å². The lowest BCUT2D eigenvalue weighted by atomic mass is 10.1. The summed E-state index contributed by atoms with van der Waals surface area (Å²) < 4.78 is 9.32. The minimum atomic E-state index is -0.502. The molecule has 0 aromatic rings. The zero-order chi connectivity index (χ0) is 14.5. The van der Waals surface area contributed by atoms with Gasteiger partial charge in [-0.2, -0.15) is 0 Å². The SMILES string of the molecule is COCC(=O)NCCCCC(C=O)NC(=O)COC. The highest BCUT2D eigenvalue weighted by atomic mass is 16.5. The van der Waals surface area contributed by atoms with Crippen molar-refractivity contribution in [3.05, 3.63) is 0 Å². The molecular formula is C12H22N2O5. The number of rotatable bonds is 11. The van der Waals surface area contributed by atoms with E-state index in [4.69, 9.17) is 0 Å². The van der Waals surface area contributed by atoms with Crippen LogP contribution in [0.4, 0.5) is 0 Å². The van der Waals surface area contributed by atoms with E-state index >= 15 is 0 Å². The predicted molar refractivity (Wildman–Crippen MR) is 68.6 cm³/mol. The van der Waals surface area contributed by atoms with Crippen molar-refractivity contribution in [1.29, 1.82) is 0 Å². The maximum Gasteiger partial charge on any atom is 0.246 e. The van der Waals surface area contributed by atoms with E-state index in [2.05, 4.69) is 20.1 Å². The second-order valence-electron chi connectivity index (χ2n) is 4.02. The molecule has 1 atom stereocenters. The molecule has 0 aliphatic carbocycles. The fourth-order valence-electron chi connectivity index (χ4n) is 1.45. The average molecular weight is 274 g/mol. The van der Waals surface area contributed by atoms with Crippen molar-refractivity contribution in [2.75, 3.05) is 34.0 Å². The van der Waals surface area contributed by atoms with Gasteiger partial charge < -0.3 is 24.9 Å². The van der Waals surface area contributed by atoms with E-state index in [1.54, 1.807) is 0 Å². The summed E-state index contributed by atoms with van der Waals surface area (Å²) in [5.74, 6) is -0.476. The highest BCUT2D eigenvalue weighted by Gasteiger charge is 2.10. The van der Waals surface area contributed by atoms with E-state index in [0.29, 0.717) is 19.3 Å². The monoisotopic (exact) mass is 274 g/mol. The zero-order valence-corrected chi connectivity index (χ0v) is 11.4. The molecule has 7 nitrogen and oxygen atoms in total. The quantitative estimate of drug-likeness (QED) is 0.382. The van der Waals surface area contributed by atoms with Gasteiger partial charge in [-0.15, -0.1) is 0 Å². The normalized spacial score (nSPS) is 11.7. The van der Waals surface area contributed by atoms with Crippen LogP contribution < -0.4 is 10.6 Å². The van der Waals surface area contributed by atoms with Crippen molar-refractivity contribution in [3.8, 4) is 0 Å². The number of carbonyl (C=O) groups excluding carboxylic acids is 3. The third-order valence-electron chi connectivity index (χ3n) is 2.33. The molecule has 2 N–H and O–H groups in total. The number of amides is 2. The predicted octanol–water partition coefficient (Wildman–Crippen LogP) is -0.751.